The predicted molar refractivity (Wildman–Crippen MR) is 115 cm³/mol. The van der Waals surface area contributed by atoms with Crippen molar-refractivity contribution >= 4 is 29.9 Å². The van der Waals surface area contributed by atoms with Gasteiger partial charge in [0.15, 0.2) is 0 Å². The van der Waals surface area contributed by atoms with E-state index in [2.05, 4.69) is 5.32 Å². The van der Waals surface area contributed by atoms with Gasteiger partial charge in [-0.05, 0) is 55.4 Å². The summed E-state index contributed by atoms with van der Waals surface area (Å²) in [4.78, 5) is 52.0. The van der Waals surface area contributed by atoms with Crippen LogP contribution in [0, 0.1) is 11.8 Å². The van der Waals surface area contributed by atoms with Gasteiger partial charge in [0.2, 0.25) is 0 Å². The second-order valence-corrected chi connectivity index (χ2v) is 8.53. The fourth-order valence-corrected chi connectivity index (χ4v) is 5.08. The van der Waals surface area contributed by atoms with Gasteiger partial charge in [-0.3, -0.25) is 19.8 Å². The number of nitrogens with one attached hydrogen (secondary N) is 1. The van der Waals surface area contributed by atoms with Crippen LogP contribution in [0.4, 0.5) is 4.79 Å². The number of ether oxygens (including phenoxy) is 1. The molecule has 1 heterocycles. The lowest BCUT2D eigenvalue weighted by atomic mass is 9.93. The van der Waals surface area contributed by atoms with E-state index in [1.165, 1.54) is 11.0 Å². The Labute approximate surface area is 185 Å². The number of imide groups is 2. The van der Waals surface area contributed by atoms with Gasteiger partial charge < -0.3 is 4.74 Å². The molecule has 2 aromatic carbocycles. The molecule has 3 fully saturated rings. The molecule has 162 valence electrons. The highest BCUT2D eigenvalue weighted by atomic mass is 16.5. The molecular weight excluding hydrogens is 408 g/mol. The van der Waals surface area contributed by atoms with Gasteiger partial charge in [0.25, 0.3) is 11.8 Å². The molecule has 0 radical (unpaired) electrons. The molecule has 4 amide bonds. The standard InChI is InChI=1S/C25H22N2O5/c28-22-19(23(29)27(25(31)26-22)20-13-15-10-11-17(20)12-15)14-18-8-4-5-9-21(18)32-24(30)16-6-2-1-3-7-16/h1-9,14-15,17,20H,10-13H2,(H,26,28,31). The van der Waals surface area contributed by atoms with Crippen molar-refractivity contribution in [3.63, 3.8) is 0 Å². The highest BCUT2D eigenvalue weighted by molar-refractivity contribution is 6.31. The van der Waals surface area contributed by atoms with E-state index in [1.54, 1.807) is 54.6 Å². The van der Waals surface area contributed by atoms with Crippen LogP contribution < -0.4 is 10.1 Å². The van der Waals surface area contributed by atoms with Crippen LogP contribution in [0.3, 0.4) is 0 Å². The van der Waals surface area contributed by atoms with E-state index in [1.807, 2.05) is 0 Å². The van der Waals surface area contributed by atoms with Crippen LogP contribution in [0.2, 0.25) is 0 Å². The van der Waals surface area contributed by atoms with Crippen LogP contribution in [0.1, 0.15) is 41.6 Å². The Balaban J connectivity index is 1.44. The SMILES string of the molecule is O=C1NC(=O)N(C2CC3CCC2C3)C(=O)C1=Cc1ccccc1OC(=O)c1ccccc1. The zero-order chi connectivity index (χ0) is 22.2. The third-order valence-corrected chi connectivity index (χ3v) is 6.60. The molecule has 1 aliphatic heterocycles. The maximum atomic E-state index is 13.2. The van der Waals surface area contributed by atoms with Gasteiger partial charge in [0.05, 0.1) is 5.56 Å². The van der Waals surface area contributed by atoms with Gasteiger partial charge in [-0.25, -0.2) is 9.59 Å². The summed E-state index contributed by atoms with van der Waals surface area (Å²) < 4.78 is 5.52. The van der Waals surface area contributed by atoms with Crippen molar-refractivity contribution in [1.82, 2.24) is 10.2 Å². The molecule has 0 spiro atoms. The van der Waals surface area contributed by atoms with E-state index in [9.17, 15) is 19.2 Å². The first-order chi connectivity index (χ1) is 15.5. The van der Waals surface area contributed by atoms with E-state index in [0.29, 0.717) is 23.0 Å². The average molecular weight is 430 g/mol. The number of para-hydroxylation sites is 1. The van der Waals surface area contributed by atoms with Crippen LogP contribution in [-0.2, 0) is 9.59 Å². The number of carbonyl (C=O) groups is 4. The number of barbiturate groups is 1. The van der Waals surface area contributed by atoms with Gasteiger partial charge in [0, 0.05) is 11.6 Å². The summed E-state index contributed by atoms with van der Waals surface area (Å²) in [5.74, 6) is -0.839. The minimum atomic E-state index is -0.747. The molecule has 1 saturated heterocycles. The molecule has 7 heteroatoms. The molecule has 2 bridgehead atoms. The highest BCUT2D eigenvalue weighted by Crippen LogP contribution is 2.47. The van der Waals surface area contributed by atoms with E-state index < -0.39 is 23.8 Å². The quantitative estimate of drug-likeness (QED) is 0.347. The molecule has 2 aliphatic carbocycles. The number of hydrogen-bond acceptors (Lipinski definition) is 5. The number of benzene rings is 2. The van der Waals surface area contributed by atoms with Crippen LogP contribution in [-0.4, -0.2) is 34.8 Å². The summed E-state index contributed by atoms with van der Waals surface area (Å²) in [6.07, 6.45) is 5.33. The smallest absolute Gasteiger partial charge is 0.343 e. The zero-order valence-corrected chi connectivity index (χ0v) is 17.3. The summed E-state index contributed by atoms with van der Waals surface area (Å²) in [5, 5.41) is 2.30. The van der Waals surface area contributed by atoms with Crippen molar-refractivity contribution in [2.75, 3.05) is 0 Å². The van der Waals surface area contributed by atoms with Gasteiger partial charge in [-0.15, -0.1) is 0 Å². The number of esters is 1. The highest BCUT2D eigenvalue weighted by Gasteiger charge is 2.49. The number of nitrogens with zero attached hydrogens (tertiary/aromatic N) is 1. The summed E-state index contributed by atoms with van der Waals surface area (Å²) in [7, 11) is 0. The first-order valence-corrected chi connectivity index (χ1v) is 10.8. The number of carbonyl (C=O) groups excluding carboxylic acids is 4. The van der Waals surface area contributed by atoms with Crippen molar-refractivity contribution in [2.24, 2.45) is 11.8 Å². The summed E-state index contributed by atoms with van der Waals surface area (Å²) >= 11 is 0. The van der Waals surface area contributed by atoms with Crippen LogP contribution in [0.5, 0.6) is 5.75 Å². The molecule has 2 aromatic rings. The lowest BCUT2D eigenvalue weighted by molar-refractivity contribution is -0.132. The van der Waals surface area contributed by atoms with E-state index >= 15 is 0 Å². The largest absolute Gasteiger partial charge is 0.422 e. The fraction of sp³-hybridized carbons (Fsp3) is 0.280. The van der Waals surface area contributed by atoms with Crippen LogP contribution in [0.25, 0.3) is 6.08 Å². The Kier molecular flexibility index (Phi) is 5.09. The Bertz CT molecular complexity index is 1140. The summed E-state index contributed by atoms with van der Waals surface area (Å²) in [6.45, 7) is 0. The van der Waals surface area contributed by atoms with Gasteiger partial charge in [-0.1, -0.05) is 42.8 Å². The second kappa shape index (κ2) is 8.07. The number of urea groups is 1. The molecule has 0 aromatic heterocycles. The Morgan fingerprint density at radius 2 is 1.72 bits per heavy atom. The van der Waals surface area contributed by atoms with E-state index in [0.717, 1.165) is 25.7 Å². The molecule has 32 heavy (non-hydrogen) atoms. The van der Waals surface area contributed by atoms with Crippen molar-refractivity contribution in [3.8, 4) is 5.75 Å². The first-order valence-electron chi connectivity index (χ1n) is 10.8. The number of fused-ring (bicyclic) bond motifs is 2. The van der Waals surface area contributed by atoms with Gasteiger partial charge in [0.1, 0.15) is 11.3 Å². The zero-order valence-electron chi connectivity index (χ0n) is 17.3. The molecule has 3 atom stereocenters. The summed E-state index contributed by atoms with van der Waals surface area (Å²) in [6, 6.07) is 14.4. The third kappa shape index (κ3) is 3.60. The molecule has 2 saturated carbocycles. The monoisotopic (exact) mass is 430 g/mol. The maximum Gasteiger partial charge on any atom is 0.343 e. The van der Waals surface area contributed by atoms with Crippen molar-refractivity contribution < 1.29 is 23.9 Å². The van der Waals surface area contributed by atoms with Crippen molar-refractivity contribution in [2.45, 2.75) is 31.7 Å². The first kappa shape index (κ1) is 20.2. The van der Waals surface area contributed by atoms with Crippen LogP contribution >= 0.6 is 0 Å². The molecule has 7 nitrogen and oxygen atoms in total. The number of hydrogen-bond donors (Lipinski definition) is 1. The van der Waals surface area contributed by atoms with E-state index in [4.69, 9.17) is 4.74 Å². The van der Waals surface area contributed by atoms with Gasteiger partial charge in [-0.2, -0.15) is 0 Å². The topological polar surface area (TPSA) is 92.8 Å². The van der Waals surface area contributed by atoms with Crippen molar-refractivity contribution in [3.05, 3.63) is 71.3 Å². The molecule has 1 N–H and O–H groups in total. The fourth-order valence-electron chi connectivity index (χ4n) is 5.08. The predicted octanol–water partition coefficient (Wildman–Crippen LogP) is 3.56. The number of rotatable bonds is 4. The molecule has 5 rings (SSSR count). The summed E-state index contributed by atoms with van der Waals surface area (Å²) in [5.41, 5.74) is 0.641. The maximum absolute atomic E-state index is 13.2. The molecule has 3 unspecified atom stereocenters. The Hall–Kier alpha value is -3.74. The van der Waals surface area contributed by atoms with Crippen LogP contribution in [0.15, 0.2) is 60.2 Å². The second-order valence-electron chi connectivity index (χ2n) is 8.53. The van der Waals surface area contributed by atoms with Gasteiger partial charge >= 0.3 is 12.0 Å². The number of amides is 4. The minimum absolute atomic E-state index is 0.143. The normalized spacial score (nSPS) is 25.9. The lowest BCUT2D eigenvalue weighted by Gasteiger charge is -2.35. The Morgan fingerprint density at radius 3 is 2.44 bits per heavy atom. The molecule has 3 aliphatic rings. The lowest BCUT2D eigenvalue weighted by Crippen LogP contribution is -2.58. The Morgan fingerprint density at radius 1 is 0.969 bits per heavy atom. The van der Waals surface area contributed by atoms with Crippen molar-refractivity contribution in [1.29, 1.82) is 0 Å². The third-order valence-electron chi connectivity index (χ3n) is 6.60. The average Bonchev–Trinajstić information content (AvgIpc) is 3.42. The molecular formula is C25H22N2O5. The van der Waals surface area contributed by atoms with E-state index in [-0.39, 0.29) is 17.4 Å². The minimum Gasteiger partial charge on any atom is -0.422 e.